The van der Waals surface area contributed by atoms with Gasteiger partial charge in [-0.25, -0.2) is 0 Å². The molecule has 0 aliphatic carbocycles. The molecule has 0 spiro atoms. The number of ether oxygens (including phenoxy) is 2. The van der Waals surface area contributed by atoms with E-state index >= 15 is 0 Å². The van der Waals surface area contributed by atoms with Gasteiger partial charge in [0, 0.05) is 11.5 Å². The van der Waals surface area contributed by atoms with E-state index in [-0.39, 0.29) is 12.5 Å². The number of anilines is 1. The number of thioether (sulfide) groups is 1. The van der Waals surface area contributed by atoms with Crippen molar-refractivity contribution in [3.8, 4) is 11.5 Å². The summed E-state index contributed by atoms with van der Waals surface area (Å²) >= 11 is 1.75. The van der Waals surface area contributed by atoms with Crippen molar-refractivity contribution in [3.05, 3.63) is 35.5 Å². The molecule has 1 aromatic heterocycles. The quantitative estimate of drug-likeness (QED) is 0.917. The van der Waals surface area contributed by atoms with Gasteiger partial charge in [0.1, 0.15) is 6.61 Å². The minimum absolute atomic E-state index is 0.175. The number of nitrogens with zero attached hydrogens (tertiary/aromatic N) is 1. The maximum absolute atomic E-state index is 12.3. The number of hydrogen-bond acceptors (Lipinski definition) is 6. The first kappa shape index (κ1) is 12.6. The second-order valence-electron chi connectivity index (χ2n) is 4.78. The Balaban J connectivity index is 1.49. The first-order valence-corrected chi connectivity index (χ1v) is 7.71. The minimum atomic E-state index is -0.699. The summed E-state index contributed by atoms with van der Waals surface area (Å²) in [6.07, 6.45) is -0.699. The number of carbonyl (C=O) groups excluding carboxylic acids is 1. The molecule has 2 aromatic rings. The number of benzene rings is 1. The molecule has 0 fully saturated rings. The van der Waals surface area contributed by atoms with Gasteiger partial charge in [-0.1, -0.05) is 17.3 Å². The first-order valence-electron chi connectivity index (χ1n) is 6.56. The number of hydrogen-bond donors (Lipinski definition) is 1. The van der Waals surface area contributed by atoms with E-state index in [1.165, 1.54) is 0 Å². The predicted molar refractivity (Wildman–Crippen MR) is 76.5 cm³/mol. The third-order valence-corrected chi connectivity index (χ3v) is 4.36. The fraction of sp³-hybridized carbons (Fsp3) is 0.286. The number of fused-ring (bicyclic) bond motifs is 2. The van der Waals surface area contributed by atoms with Gasteiger partial charge in [-0.2, -0.15) is 11.8 Å². The highest BCUT2D eigenvalue weighted by Crippen LogP contribution is 2.35. The Kier molecular flexibility index (Phi) is 2.99. The van der Waals surface area contributed by atoms with Crippen LogP contribution in [0.4, 0.5) is 5.88 Å². The number of rotatable bonds is 2. The molecule has 21 heavy (non-hydrogen) atoms. The molecule has 7 heteroatoms. The monoisotopic (exact) mass is 304 g/mol. The van der Waals surface area contributed by atoms with Gasteiger partial charge in [-0.05, 0) is 12.1 Å². The van der Waals surface area contributed by atoms with Crippen molar-refractivity contribution in [1.82, 2.24) is 5.16 Å². The molecule has 0 radical (unpaired) electrons. The maximum atomic E-state index is 12.3. The Morgan fingerprint density at radius 3 is 3.05 bits per heavy atom. The summed E-state index contributed by atoms with van der Waals surface area (Å²) in [6, 6.07) is 7.28. The van der Waals surface area contributed by atoms with Crippen molar-refractivity contribution in [2.45, 2.75) is 17.6 Å². The second-order valence-corrected chi connectivity index (χ2v) is 5.77. The Bertz CT molecular complexity index is 700. The number of aromatic nitrogens is 1. The zero-order valence-electron chi connectivity index (χ0n) is 11.0. The van der Waals surface area contributed by atoms with Crippen LogP contribution in [-0.2, 0) is 16.3 Å². The molecular formula is C14H12N2O4S. The van der Waals surface area contributed by atoms with Crippen LogP contribution in [0.25, 0.3) is 0 Å². The second kappa shape index (κ2) is 5.00. The van der Waals surface area contributed by atoms with E-state index in [9.17, 15) is 4.79 Å². The van der Waals surface area contributed by atoms with Crippen LogP contribution in [0.5, 0.6) is 11.5 Å². The van der Waals surface area contributed by atoms with Gasteiger partial charge in [-0.3, -0.25) is 10.1 Å². The first-order chi connectivity index (χ1) is 10.3. The van der Waals surface area contributed by atoms with Gasteiger partial charge >= 0.3 is 0 Å². The van der Waals surface area contributed by atoms with Crippen LogP contribution in [0.2, 0.25) is 0 Å². The van der Waals surface area contributed by atoms with Crippen LogP contribution >= 0.6 is 11.8 Å². The lowest BCUT2D eigenvalue weighted by Gasteiger charge is -2.25. The summed E-state index contributed by atoms with van der Waals surface area (Å²) in [5, 5.41) is 6.68. The lowest BCUT2D eigenvalue weighted by atomic mass is 10.2. The van der Waals surface area contributed by atoms with Crippen LogP contribution in [0.3, 0.4) is 0 Å². The van der Waals surface area contributed by atoms with Gasteiger partial charge in [0.05, 0.1) is 11.3 Å². The van der Waals surface area contributed by atoms with Crippen LogP contribution in [0.1, 0.15) is 11.3 Å². The summed E-state index contributed by atoms with van der Waals surface area (Å²) in [6.45, 7) is 0.175. The van der Waals surface area contributed by atoms with E-state index in [1.807, 2.05) is 18.2 Å². The predicted octanol–water partition coefficient (Wildman–Crippen LogP) is 2.20. The van der Waals surface area contributed by atoms with Gasteiger partial charge in [-0.15, -0.1) is 0 Å². The van der Waals surface area contributed by atoms with Crippen molar-refractivity contribution in [2.75, 3.05) is 11.9 Å². The fourth-order valence-corrected chi connectivity index (χ4v) is 3.32. The maximum Gasteiger partial charge on any atom is 0.271 e. The molecule has 1 N–H and O–H groups in total. The molecule has 0 bridgehead atoms. The topological polar surface area (TPSA) is 73.6 Å². The number of amides is 1. The molecule has 108 valence electrons. The standard InChI is InChI=1S/C14H12N2O4S/c17-13(15-14-8-6-21-7-9(8)16-20-14)12-5-18-10-3-1-2-4-11(10)19-12/h1-4,12H,5-7H2,(H,15,17)/t12-/m1/s1. The molecule has 0 saturated heterocycles. The third kappa shape index (κ3) is 2.23. The lowest BCUT2D eigenvalue weighted by molar-refractivity contribution is -0.125. The molecule has 1 atom stereocenters. The smallest absolute Gasteiger partial charge is 0.271 e. The third-order valence-electron chi connectivity index (χ3n) is 3.39. The number of carbonyl (C=O) groups is 1. The van der Waals surface area contributed by atoms with E-state index < -0.39 is 6.10 Å². The Morgan fingerprint density at radius 1 is 1.29 bits per heavy atom. The van der Waals surface area contributed by atoms with Gasteiger partial charge in [0.25, 0.3) is 5.91 Å². The average molecular weight is 304 g/mol. The average Bonchev–Trinajstić information content (AvgIpc) is 3.12. The number of nitrogens with one attached hydrogen (secondary N) is 1. The fourth-order valence-electron chi connectivity index (χ4n) is 2.29. The van der Waals surface area contributed by atoms with E-state index in [0.717, 1.165) is 22.8 Å². The summed E-state index contributed by atoms with van der Waals surface area (Å²) in [7, 11) is 0. The normalized spacial score (nSPS) is 19.1. The molecule has 2 aliphatic heterocycles. The molecule has 1 amide bonds. The van der Waals surface area contributed by atoms with E-state index in [0.29, 0.717) is 17.4 Å². The molecule has 2 aliphatic rings. The molecule has 6 nitrogen and oxygen atoms in total. The Hall–Kier alpha value is -2.15. The SMILES string of the molecule is O=C(Nc1onc2c1CSC2)[C@H]1COc2ccccc2O1. The summed E-state index contributed by atoms with van der Waals surface area (Å²) in [5.41, 5.74) is 1.87. The highest BCUT2D eigenvalue weighted by molar-refractivity contribution is 7.98. The summed E-state index contributed by atoms with van der Waals surface area (Å²) < 4.78 is 16.4. The van der Waals surface area contributed by atoms with Crippen molar-refractivity contribution in [2.24, 2.45) is 0 Å². The highest BCUT2D eigenvalue weighted by atomic mass is 32.2. The van der Waals surface area contributed by atoms with Crippen molar-refractivity contribution < 1.29 is 18.8 Å². The van der Waals surface area contributed by atoms with Crippen molar-refractivity contribution in [1.29, 1.82) is 0 Å². The lowest BCUT2D eigenvalue weighted by Crippen LogP contribution is -2.40. The van der Waals surface area contributed by atoms with Gasteiger partial charge in [0.15, 0.2) is 11.5 Å². The van der Waals surface area contributed by atoms with Gasteiger partial charge < -0.3 is 14.0 Å². The Labute approximate surface area is 124 Å². The van der Waals surface area contributed by atoms with Crippen LogP contribution in [0, 0.1) is 0 Å². The largest absolute Gasteiger partial charge is 0.485 e. The molecular weight excluding hydrogens is 292 g/mol. The highest BCUT2D eigenvalue weighted by Gasteiger charge is 2.30. The molecule has 1 aromatic carbocycles. The zero-order valence-corrected chi connectivity index (χ0v) is 11.8. The summed E-state index contributed by atoms with van der Waals surface area (Å²) in [4.78, 5) is 12.3. The van der Waals surface area contributed by atoms with Crippen LogP contribution in [-0.4, -0.2) is 23.8 Å². The van der Waals surface area contributed by atoms with E-state index in [1.54, 1.807) is 17.8 Å². The molecule has 3 heterocycles. The molecule has 0 saturated carbocycles. The Morgan fingerprint density at radius 2 is 2.14 bits per heavy atom. The van der Waals surface area contributed by atoms with Crippen molar-refractivity contribution >= 4 is 23.6 Å². The molecule has 4 rings (SSSR count). The number of para-hydroxylation sites is 2. The molecule has 0 unspecified atom stereocenters. The minimum Gasteiger partial charge on any atom is -0.485 e. The van der Waals surface area contributed by atoms with Gasteiger partial charge in [0.2, 0.25) is 12.0 Å². The van der Waals surface area contributed by atoms with Crippen LogP contribution < -0.4 is 14.8 Å². The van der Waals surface area contributed by atoms with E-state index in [4.69, 9.17) is 14.0 Å². The van der Waals surface area contributed by atoms with Crippen LogP contribution in [0.15, 0.2) is 28.8 Å². The summed E-state index contributed by atoms with van der Waals surface area (Å²) in [5.74, 6) is 2.98. The van der Waals surface area contributed by atoms with Crippen molar-refractivity contribution in [3.63, 3.8) is 0 Å². The van der Waals surface area contributed by atoms with E-state index in [2.05, 4.69) is 10.5 Å². The zero-order chi connectivity index (χ0) is 14.2.